The Morgan fingerprint density at radius 2 is 1.83 bits per heavy atom. The molecule has 4 N–H and O–H groups in total. The predicted octanol–water partition coefficient (Wildman–Crippen LogP) is 3.02. The van der Waals surface area contributed by atoms with E-state index in [2.05, 4.69) is 17.4 Å². The van der Waals surface area contributed by atoms with Crippen molar-refractivity contribution in [3.05, 3.63) is 80.3 Å². The largest absolute Gasteiger partial charge is 0.493 e. The van der Waals surface area contributed by atoms with Crippen LogP contribution < -0.4 is 31.7 Å². The van der Waals surface area contributed by atoms with Gasteiger partial charge in [0, 0.05) is 37.5 Å². The lowest BCUT2D eigenvalue weighted by Gasteiger charge is -2.25. The SMILES string of the molecule is CCOc1cc2c(cc1OC)-c1c/c(=N\c3c(C)cc(C)cc3C)n(CCNC(=O)/C(=C/N)C(=N)OC)c(=O)n1CC2. The van der Waals surface area contributed by atoms with Gasteiger partial charge in [-0.1, -0.05) is 17.7 Å². The summed E-state index contributed by atoms with van der Waals surface area (Å²) in [6, 6.07) is 9.91. The van der Waals surface area contributed by atoms with Crippen molar-refractivity contribution in [3.8, 4) is 22.8 Å². The van der Waals surface area contributed by atoms with Crippen LogP contribution in [0.15, 0.2) is 51.9 Å². The molecule has 11 nitrogen and oxygen atoms in total. The Labute approximate surface area is 244 Å². The Kier molecular flexibility index (Phi) is 9.19. The number of nitrogens with one attached hydrogen (secondary N) is 2. The summed E-state index contributed by atoms with van der Waals surface area (Å²) in [5, 5.41) is 10.5. The number of amides is 1. The van der Waals surface area contributed by atoms with Crippen molar-refractivity contribution >= 4 is 17.5 Å². The van der Waals surface area contributed by atoms with Crippen LogP contribution in [0.4, 0.5) is 5.69 Å². The van der Waals surface area contributed by atoms with Gasteiger partial charge in [-0.25, -0.2) is 9.79 Å². The number of hydrogen-bond donors (Lipinski definition) is 3. The molecule has 4 rings (SSSR count). The third kappa shape index (κ3) is 5.95. The van der Waals surface area contributed by atoms with Crippen LogP contribution in [0.25, 0.3) is 11.3 Å². The van der Waals surface area contributed by atoms with Crippen LogP contribution in [0, 0.1) is 26.2 Å². The first-order valence-corrected chi connectivity index (χ1v) is 13.8. The van der Waals surface area contributed by atoms with Gasteiger partial charge in [0.2, 0.25) is 5.90 Å². The van der Waals surface area contributed by atoms with E-state index in [-0.39, 0.29) is 30.3 Å². The van der Waals surface area contributed by atoms with E-state index in [0.717, 1.165) is 45.4 Å². The highest BCUT2D eigenvalue weighted by atomic mass is 16.5. The highest BCUT2D eigenvalue weighted by molar-refractivity contribution is 6.17. The van der Waals surface area contributed by atoms with E-state index >= 15 is 0 Å². The van der Waals surface area contributed by atoms with Gasteiger partial charge in [0.1, 0.15) is 11.1 Å². The third-order valence-electron chi connectivity index (χ3n) is 7.21. The van der Waals surface area contributed by atoms with Crippen LogP contribution in [-0.2, 0) is 29.0 Å². The molecular formula is C31H38N6O5. The summed E-state index contributed by atoms with van der Waals surface area (Å²) in [7, 11) is 2.88. The number of nitrogens with zero attached hydrogens (tertiary/aromatic N) is 3. The molecule has 0 saturated carbocycles. The molecule has 0 aliphatic carbocycles. The quantitative estimate of drug-likeness (QED) is 0.203. The fraction of sp³-hybridized carbons (Fsp3) is 0.355. The lowest BCUT2D eigenvalue weighted by Crippen LogP contribution is -2.44. The van der Waals surface area contributed by atoms with Gasteiger partial charge in [0.15, 0.2) is 11.5 Å². The van der Waals surface area contributed by atoms with Gasteiger partial charge >= 0.3 is 5.69 Å². The first-order chi connectivity index (χ1) is 20.1. The van der Waals surface area contributed by atoms with Crippen LogP contribution >= 0.6 is 0 Å². The van der Waals surface area contributed by atoms with Crippen molar-refractivity contribution < 1.29 is 19.0 Å². The molecule has 0 unspecified atom stereocenters. The summed E-state index contributed by atoms with van der Waals surface area (Å²) in [6.07, 6.45) is 1.66. The lowest BCUT2D eigenvalue weighted by molar-refractivity contribution is -0.117. The van der Waals surface area contributed by atoms with Gasteiger partial charge in [-0.2, -0.15) is 0 Å². The van der Waals surface area contributed by atoms with Crippen molar-refractivity contribution in [2.75, 3.05) is 27.4 Å². The van der Waals surface area contributed by atoms with Gasteiger partial charge < -0.3 is 25.3 Å². The Morgan fingerprint density at radius 1 is 1.12 bits per heavy atom. The average Bonchev–Trinajstić information content (AvgIpc) is 2.96. The summed E-state index contributed by atoms with van der Waals surface area (Å²) in [5.41, 5.74) is 12.2. The number of rotatable bonds is 9. The minimum Gasteiger partial charge on any atom is -0.493 e. The fourth-order valence-electron chi connectivity index (χ4n) is 5.28. The van der Waals surface area contributed by atoms with E-state index in [1.165, 1.54) is 7.11 Å². The van der Waals surface area contributed by atoms with Crippen LogP contribution in [0.1, 0.15) is 29.2 Å². The fourth-order valence-corrected chi connectivity index (χ4v) is 5.28. The molecule has 2 aromatic carbocycles. The molecule has 1 aliphatic rings. The van der Waals surface area contributed by atoms with E-state index in [1.807, 2.05) is 45.9 Å². The van der Waals surface area contributed by atoms with Crippen LogP contribution in [0.5, 0.6) is 11.5 Å². The molecule has 1 aromatic heterocycles. The zero-order valence-corrected chi connectivity index (χ0v) is 25.0. The molecule has 0 atom stereocenters. The molecule has 42 heavy (non-hydrogen) atoms. The highest BCUT2D eigenvalue weighted by Gasteiger charge is 2.23. The number of nitrogens with two attached hydrogens (primary N) is 1. The molecule has 0 spiro atoms. The normalized spacial score (nSPS) is 12.8. The number of carbonyl (C=O) groups excluding carboxylic acids is 1. The average molecular weight is 575 g/mol. The first kappa shape index (κ1) is 30.2. The number of carbonyl (C=O) groups is 1. The smallest absolute Gasteiger partial charge is 0.330 e. The maximum absolute atomic E-state index is 14.0. The maximum atomic E-state index is 14.0. The molecule has 1 aliphatic heterocycles. The van der Waals surface area contributed by atoms with Crippen molar-refractivity contribution in [1.82, 2.24) is 14.5 Å². The van der Waals surface area contributed by atoms with Crippen molar-refractivity contribution in [3.63, 3.8) is 0 Å². The summed E-state index contributed by atoms with van der Waals surface area (Å²) >= 11 is 0. The van der Waals surface area contributed by atoms with E-state index in [1.54, 1.807) is 16.2 Å². The van der Waals surface area contributed by atoms with Gasteiger partial charge in [-0.15, -0.1) is 0 Å². The summed E-state index contributed by atoms with van der Waals surface area (Å²) in [5.74, 6) is 0.335. The molecule has 1 amide bonds. The molecule has 3 aromatic rings. The predicted molar refractivity (Wildman–Crippen MR) is 161 cm³/mol. The summed E-state index contributed by atoms with van der Waals surface area (Å²) < 4.78 is 19.5. The molecule has 0 bridgehead atoms. The second-order valence-electron chi connectivity index (χ2n) is 10.0. The van der Waals surface area contributed by atoms with E-state index < -0.39 is 5.91 Å². The molecule has 11 heteroatoms. The molecule has 2 heterocycles. The minimum absolute atomic E-state index is 0.0996. The van der Waals surface area contributed by atoms with Gasteiger partial charge in [-0.05, 0) is 62.9 Å². The standard InChI is InChI=1S/C31H38N6O5/c1-7-42-26-14-21-8-10-36-24(22(21)15-25(26)40-5)16-27(35-28-19(3)12-18(2)13-20(28)4)37(31(36)39)11-9-34-30(38)23(17-32)29(33)41-6/h12-17,33H,7-11,32H2,1-6H3,(H,34,38)/b23-17+,33-29?,35-27+. The highest BCUT2D eigenvalue weighted by Crippen LogP contribution is 2.37. The number of ether oxygens (including phenoxy) is 3. The number of hydrogen-bond acceptors (Lipinski definition) is 8. The van der Waals surface area contributed by atoms with Crippen LogP contribution in [0.2, 0.25) is 0 Å². The van der Waals surface area contributed by atoms with Crippen LogP contribution in [0.3, 0.4) is 0 Å². The Hall–Kier alpha value is -4.80. The van der Waals surface area contributed by atoms with Crippen molar-refractivity contribution in [2.24, 2.45) is 10.7 Å². The van der Waals surface area contributed by atoms with Gasteiger partial charge in [0.05, 0.1) is 32.2 Å². The zero-order valence-electron chi connectivity index (χ0n) is 25.0. The topological polar surface area (TPSA) is 146 Å². The second-order valence-corrected chi connectivity index (χ2v) is 10.0. The van der Waals surface area contributed by atoms with Crippen molar-refractivity contribution in [1.29, 1.82) is 5.41 Å². The number of aromatic nitrogens is 2. The van der Waals surface area contributed by atoms with E-state index in [0.29, 0.717) is 36.6 Å². The van der Waals surface area contributed by atoms with Gasteiger partial charge in [-0.3, -0.25) is 19.3 Å². The number of aryl methyl sites for hydroxylation is 4. The molecule has 0 saturated heterocycles. The maximum Gasteiger partial charge on any atom is 0.330 e. The first-order valence-electron chi connectivity index (χ1n) is 13.8. The summed E-state index contributed by atoms with van der Waals surface area (Å²) in [4.78, 5) is 31.6. The van der Waals surface area contributed by atoms with E-state index in [9.17, 15) is 9.59 Å². The Balaban J connectivity index is 1.86. The van der Waals surface area contributed by atoms with Gasteiger partial charge in [0.25, 0.3) is 5.91 Å². The van der Waals surface area contributed by atoms with Crippen LogP contribution in [-0.4, -0.2) is 48.3 Å². The minimum atomic E-state index is -0.571. The zero-order chi connectivity index (χ0) is 30.6. The molecule has 0 fully saturated rings. The Morgan fingerprint density at radius 3 is 2.45 bits per heavy atom. The molecule has 222 valence electrons. The lowest BCUT2D eigenvalue weighted by atomic mass is 9.97. The second kappa shape index (κ2) is 12.8. The third-order valence-corrected chi connectivity index (χ3v) is 7.21. The molecular weight excluding hydrogens is 536 g/mol. The van der Waals surface area contributed by atoms with Crippen molar-refractivity contribution in [2.45, 2.75) is 47.2 Å². The summed E-state index contributed by atoms with van der Waals surface area (Å²) in [6.45, 7) is 9.17. The molecule has 0 radical (unpaired) electrons. The Bertz CT molecular complexity index is 1680. The number of benzene rings is 2. The number of fused-ring (bicyclic) bond motifs is 3. The number of methoxy groups -OCH3 is 2. The van der Waals surface area contributed by atoms with E-state index in [4.69, 9.17) is 30.3 Å². The monoisotopic (exact) mass is 574 g/mol.